The van der Waals surface area contributed by atoms with Crippen LogP contribution in [0.3, 0.4) is 0 Å². The molecule has 108 valence electrons. The summed E-state index contributed by atoms with van der Waals surface area (Å²) in [6.07, 6.45) is 3.01. The number of carbonyl (C=O) groups excluding carboxylic acids is 2. The summed E-state index contributed by atoms with van der Waals surface area (Å²) >= 11 is 0. The summed E-state index contributed by atoms with van der Waals surface area (Å²) in [6.45, 7) is 0.975. The van der Waals surface area contributed by atoms with Crippen molar-refractivity contribution in [3.63, 3.8) is 0 Å². The van der Waals surface area contributed by atoms with Gasteiger partial charge in [0.2, 0.25) is 11.8 Å². The molecule has 1 saturated carbocycles. The van der Waals surface area contributed by atoms with Gasteiger partial charge < -0.3 is 16.8 Å². The Labute approximate surface area is 118 Å². The Bertz CT molecular complexity index is 502. The van der Waals surface area contributed by atoms with Crippen LogP contribution in [0, 0.1) is 11.8 Å². The second-order valence-corrected chi connectivity index (χ2v) is 5.32. The topological polar surface area (TPSA) is 98.2 Å². The molecule has 5 heteroatoms. The molecule has 2 atom stereocenters. The number of amides is 2. The molecule has 5 N–H and O–H groups in total. The molecule has 1 aromatic carbocycles. The van der Waals surface area contributed by atoms with E-state index in [-0.39, 0.29) is 11.8 Å². The SMILES string of the molecule is NCC1CCCC1C(=O)NCc1cccc(C(N)=O)c1. The first-order chi connectivity index (χ1) is 9.61. The summed E-state index contributed by atoms with van der Waals surface area (Å²) in [5.74, 6) is -0.0779. The molecular formula is C15H21N3O2. The molecule has 0 radical (unpaired) electrons. The highest BCUT2D eigenvalue weighted by Crippen LogP contribution is 2.30. The van der Waals surface area contributed by atoms with Gasteiger partial charge in [0.05, 0.1) is 0 Å². The van der Waals surface area contributed by atoms with Crippen molar-refractivity contribution in [2.45, 2.75) is 25.8 Å². The van der Waals surface area contributed by atoms with Crippen molar-refractivity contribution in [1.29, 1.82) is 0 Å². The predicted molar refractivity (Wildman–Crippen MR) is 76.7 cm³/mol. The number of hydrogen-bond donors (Lipinski definition) is 3. The molecule has 1 aromatic rings. The van der Waals surface area contributed by atoms with Gasteiger partial charge in [-0.15, -0.1) is 0 Å². The van der Waals surface area contributed by atoms with Crippen LogP contribution in [0.25, 0.3) is 0 Å². The average molecular weight is 275 g/mol. The van der Waals surface area contributed by atoms with E-state index in [0.29, 0.717) is 24.6 Å². The van der Waals surface area contributed by atoms with E-state index in [1.54, 1.807) is 18.2 Å². The third kappa shape index (κ3) is 3.36. The minimum atomic E-state index is -0.461. The van der Waals surface area contributed by atoms with Gasteiger partial charge in [0.25, 0.3) is 0 Å². The lowest BCUT2D eigenvalue weighted by atomic mass is 9.95. The summed E-state index contributed by atoms with van der Waals surface area (Å²) in [6, 6.07) is 6.99. The van der Waals surface area contributed by atoms with Crippen LogP contribution in [-0.2, 0) is 11.3 Å². The third-order valence-corrected chi connectivity index (χ3v) is 3.98. The Balaban J connectivity index is 1.93. The number of rotatable bonds is 5. The van der Waals surface area contributed by atoms with E-state index in [0.717, 1.165) is 24.8 Å². The highest BCUT2D eigenvalue weighted by atomic mass is 16.2. The Morgan fingerprint density at radius 2 is 2.10 bits per heavy atom. The Morgan fingerprint density at radius 3 is 2.80 bits per heavy atom. The second-order valence-electron chi connectivity index (χ2n) is 5.32. The van der Waals surface area contributed by atoms with Crippen LogP contribution in [0.15, 0.2) is 24.3 Å². The maximum atomic E-state index is 12.1. The van der Waals surface area contributed by atoms with E-state index in [4.69, 9.17) is 11.5 Å². The molecule has 1 aliphatic rings. The van der Waals surface area contributed by atoms with Gasteiger partial charge in [-0.3, -0.25) is 9.59 Å². The fourth-order valence-corrected chi connectivity index (χ4v) is 2.82. The lowest BCUT2D eigenvalue weighted by molar-refractivity contribution is -0.126. The summed E-state index contributed by atoms with van der Waals surface area (Å²) in [5.41, 5.74) is 12.3. The summed E-state index contributed by atoms with van der Waals surface area (Å²) in [4.78, 5) is 23.3. The van der Waals surface area contributed by atoms with Crippen LogP contribution in [0.5, 0.6) is 0 Å². The maximum Gasteiger partial charge on any atom is 0.248 e. The fraction of sp³-hybridized carbons (Fsp3) is 0.467. The van der Waals surface area contributed by atoms with Crippen molar-refractivity contribution < 1.29 is 9.59 Å². The van der Waals surface area contributed by atoms with Crippen LogP contribution in [0.4, 0.5) is 0 Å². The molecule has 5 nitrogen and oxygen atoms in total. The summed E-state index contributed by atoms with van der Waals surface area (Å²) in [5, 5.41) is 2.92. The number of carbonyl (C=O) groups is 2. The van der Waals surface area contributed by atoms with E-state index in [9.17, 15) is 9.59 Å². The first-order valence-electron chi connectivity index (χ1n) is 6.98. The lowest BCUT2D eigenvalue weighted by Gasteiger charge is -2.17. The van der Waals surface area contributed by atoms with E-state index < -0.39 is 5.91 Å². The van der Waals surface area contributed by atoms with Gasteiger partial charge in [0.15, 0.2) is 0 Å². The van der Waals surface area contributed by atoms with Gasteiger partial charge in [0.1, 0.15) is 0 Å². The molecule has 2 rings (SSSR count). The van der Waals surface area contributed by atoms with Crippen LogP contribution in [0.1, 0.15) is 35.2 Å². The van der Waals surface area contributed by atoms with Crippen molar-refractivity contribution >= 4 is 11.8 Å². The molecule has 1 aliphatic carbocycles. The van der Waals surface area contributed by atoms with E-state index in [1.165, 1.54) is 0 Å². The van der Waals surface area contributed by atoms with Crippen molar-refractivity contribution in [2.24, 2.45) is 23.3 Å². The lowest BCUT2D eigenvalue weighted by Crippen LogP contribution is -2.34. The molecule has 0 aromatic heterocycles. The number of nitrogens with one attached hydrogen (secondary N) is 1. The summed E-state index contributed by atoms with van der Waals surface area (Å²) < 4.78 is 0. The number of benzene rings is 1. The number of hydrogen-bond acceptors (Lipinski definition) is 3. The van der Waals surface area contributed by atoms with Crippen molar-refractivity contribution in [1.82, 2.24) is 5.32 Å². The zero-order chi connectivity index (χ0) is 14.5. The molecule has 0 heterocycles. The quantitative estimate of drug-likeness (QED) is 0.740. The predicted octanol–water partition coefficient (Wildman–Crippen LogP) is 0.777. The first-order valence-corrected chi connectivity index (χ1v) is 6.98. The van der Waals surface area contributed by atoms with Crippen LogP contribution >= 0.6 is 0 Å². The van der Waals surface area contributed by atoms with Gasteiger partial charge in [0, 0.05) is 18.0 Å². The highest BCUT2D eigenvalue weighted by Gasteiger charge is 2.31. The monoisotopic (exact) mass is 275 g/mol. The molecule has 20 heavy (non-hydrogen) atoms. The molecule has 2 unspecified atom stereocenters. The molecule has 0 aliphatic heterocycles. The normalized spacial score (nSPS) is 21.6. The largest absolute Gasteiger partial charge is 0.366 e. The molecule has 0 spiro atoms. The third-order valence-electron chi connectivity index (χ3n) is 3.98. The minimum absolute atomic E-state index is 0.0272. The van der Waals surface area contributed by atoms with E-state index >= 15 is 0 Å². The molecule has 0 bridgehead atoms. The summed E-state index contributed by atoms with van der Waals surface area (Å²) in [7, 11) is 0. The molecule has 0 saturated heterocycles. The Morgan fingerprint density at radius 1 is 1.30 bits per heavy atom. The zero-order valence-electron chi connectivity index (χ0n) is 11.5. The first kappa shape index (κ1) is 14.5. The standard InChI is InChI=1S/C15H21N3O2/c16-8-12-5-2-6-13(12)15(20)18-9-10-3-1-4-11(7-10)14(17)19/h1,3-4,7,12-13H,2,5-6,8-9,16H2,(H2,17,19)(H,18,20). The van der Waals surface area contributed by atoms with Gasteiger partial charge in [-0.25, -0.2) is 0 Å². The van der Waals surface area contributed by atoms with Crippen molar-refractivity contribution in [2.75, 3.05) is 6.54 Å². The van der Waals surface area contributed by atoms with Gasteiger partial charge in [-0.2, -0.15) is 0 Å². The molecule has 1 fully saturated rings. The molecular weight excluding hydrogens is 254 g/mol. The highest BCUT2D eigenvalue weighted by molar-refractivity contribution is 5.92. The fourth-order valence-electron chi connectivity index (χ4n) is 2.82. The van der Waals surface area contributed by atoms with Gasteiger partial charge >= 0.3 is 0 Å². The van der Waals surface area contributed by atoms with Crippen molar-refractivity contribution in [3.8, 4) is 0 Å². The number of nitrogens with two attached hydrogens (primary N) is 2. The van der Waals surface area contributed by atoms with E-state index in [2.05, 4.69) is 5.32 Å². The number of primary amides is 1. The van der Waals surface area contributed by atoms with Gasteiger partial charge in [-0.1, -0.05) is 18.6 Å². The zero-order valence-corrected chi connectivity index (χ0v) is 11.5. The van der Waals surface area contributed by atoms with Crippen molar-refractivity contribution in [3.05, 3.63) is 35.4 Å². The molecule has 2 amide bonds. The van der Waals surface area contributed by atoms with E-state index in [1.807, 2.05) is 6.07 Å². The van der Waals surface area contributed by atoms with Crippen LogP contribution in [-0.4, -0.2) is 18.4 Å². The Hall–Kier alpha value is -1.88. The Kier molecular flexibility index (Phi) is 4.74. The smallest absolute Gasteiger partial charge is 0.248 e. The minimum Gasteiger partial charge on any atom is -0.366 e. The van der Waals surface area contributed by atoms with Gasteiger partial charge in [-0.05, 0) is 43.0 Å². The van der Waals surface area contributed by atoms with Crippen LogP contribution < -0.4 is 16.8 Å². The maximum absolute atomic E-state index is 12.1. The van der Waals surface area contributed by atoms with Crippen LogP contribution in [0.2, 0.25) is 0 Å². The second kappa shape index (κ2) is 6.52. The average Bonchev–Trinajstić information content (AvgIpc) is 2.93.